The van der Waals surface area contributed by atoms with E-state index in [9.17, 15) is 0 Å². The molecule has 0 saturated carbocycles. The van der Waals surface area contributed by atoms with Gasteiger partial charge in [0, 0.05) is 23.8 Å². The number of morpholine rings is 1. The third kappa shape index (κ3) is 5.35. The fourth-order valence-corrected chi connectivity index (χ4v) is 3.35. The third-order valence-corrected chi connectivity index (χ3v) is 4.89. The Morgan fingerprint density at radius 1 is 1.22 bits per heavy atom. The maximum atomic E-state index is 6.45. The van der Waals surface area contributed by atoms with Crippen LogP contribution >= 0.6 is 11.6 Å². The Balaban J connectivity index is 1.72. The van der Waals surface area contributed by atoms with Crippen LogP contribution in [0.2, 0.25) is 5.02 Å². The van der Waals surface area contributed by atoms with Crippen molar-refractivity contribution >= 4 is 23.2 Å². The van der Waals surface area contributed by atoms with Crippen molar-refractivity contribution in [3.05, 3.63) is 59.1 Å². The second-order valence-electron chi connectivity index (χ2n) is 6.27. The maximum Gasteiger partial charge on any atom is 0.193 e. The highest BCUT2D eigenvalue weighted by atomic mass is 35.5. The molecule has 1 unspecified atom stereocenters. The molecule has 1 heterocycles. The first-order chi connectivity index (χ1) is 13.2. The number of hydrogen-bond acceptors (Lipinski definition) is 4. The molecule has 0 bridgehead atoms. The summed E-state index contributed by atoms with van der Waals surface area (Å²) in [6.07, 6.45) is 0. The van der Waals surface area contributed by atoms with Crippen molar-refractivity contribution in [3.63, 3.8) is 0 Å². The molecule has 1 aliphatic heterocycles. The Bertz CT molecular complexity index is 761. The Morgan fingerprint density at radius 2 is 1.93 bits per heavy atom. The summed E-state index contributed by atoms with van der Waals surface area (Å²) in [5, 5.41) is 3.86. The van der Waals surface area contributed by atoms with E-state index in [1.807, 2.05) is 48.5 Å². The molecule has 0 spiro atoms. The first-order valence-electron chi connectivity index (χ1n) is 8.94. The summed E-state index contributed by atoms with van der Waals surface area (Å²) < 4.78 is 10.6. The predicted octanol–water partition coefficient (Wildman–Crippen LogP) is 3.15. The Kier molecular flexibility index (Phi) is 6.92. The Morgan fingerprint density at radius 3 is 2.59 bits per heavy atom. The number of anilines is 1. The highest BCUT2D eigenvalue weighted by Crippen LogP contribution is 2.28. The lowest BCUT2D eigenvalue weighted by molar-refractivity contribution is 0.0180. The highest BCUT2D eigenvalue weighted by Gasteiger charge is 2.24. The molecule has 1 saturated heterocycles. The quantitative estimate of drug-likeness (QED) is 0.587. The number of nitrogens with zero attached hydrogens (tertiary/aromatic N) is 2. The molecule has 0 radical (unpaired) electrons. The molecular weight excluding hydrogens is 364 g/mol. The van der Waals surface area contributed by atoms with Crippen LogP contribution < -0.4 is 15.8 Å². The van der Waals surface area contributed by atoms with Crippen molar-refractivity contribution in [2.45, 2.75) is 6.04 Å². The van der Waals surface area contributed by atoms with Crippen LogP contribution in [0.15, 0.2) is 53.5 Å². The van der Waals surface area contributed by atoms with Crippen molar-refractivity contribution in [1.29, 1.82) is 0 Å². The van der Waals surface area contributed by atoms with E-state index in [0.717, 1.165) is 35.1 Å². The number of guanidine groups is 1. The standard InChI is InChI=1S/C20H25ClN4O2/c1-26-16-8-6-15(7-9-16)24-20(22)23-14-19(25-10-12-27-13-11-25)17-4-2-3-5-18(17)21/h2-9,19H,10-14H2,1H3,(H3,22,23,24). The molecule has 3 rings (SSSR count). The van der Waals surface area contributed by atoms with E-state index in [0.29, 0.717) is 25.7 Å². The smallest absolute Gasteiger partial charge is 0.193 e. The molecule has 1 aliphatic rings. The van der Waals surface area contributed by atoms with E-state index in [-0.39, 0.29) is 6.04 Å². The van der Waals surface area contributed by atoms with Gasteiger partial charge in [-0.05, 0) is 35.9 Å². The third-order valence-electron chi connectivity index (χ3n) is 4.55. The highest BCUT2D eigenvalue weighted by molar-refractivity contribution is 6.31. The number of nitrogens with two attached hydrogens (primary N) is 1. The van der Waals surface area contributed by atoms with Gasteiger partial charge in [0.25, 0.3) is 0 Å². The number of benzene rings is 2. The van der Waals surface area contributed by atoms with Gasteiger partial charge in [-0.15, -0.1) is 0 Å². The molecule has 1 atom stereocenters. The van der Waals surface area contributed by atoms with Gasteiger partial charge >= 0.3 is 0 Å². The molecule has 0 aromatic heterocycles. The van der Waals surface area contributed by atoms with E-state index < -0.39 is 0 Å². The Hall–Kier alpha value is -2.28. The molecule has 2 aromatic carbocycles. The van der Waals surface area contributed by atoms with Gasteiger partial charge in [0.1, 0.15) is 5.75 Å². The van der Waals surface area contributed by atoms with Crippen molar-refractivity contribution in [2.75, 3.05) is 45.3 Å². The summed E-state index contributed by atoms with van der Waals surface area (Å²) in [7, 11) is 1.64. The minimum Gasteiger partial charge on any atom is -0.497 e. The number of ether oxygens (including phenoxy) is 2. The van der Waals surface area contributed by atoms with Gasteiger partial charge in [0.2, 0.25) is 0 Å². The number of methoxy groups -OCH3 is 1. The summed E-state index contributed by atoms with van der Waals surface area (Å²) in [5.74, 6) is 1.16. The van der Waals surface area contributed by atoms with Gasteiger partial charge in [0.05, 0.1) is 32.9 Å². The first kappa shape index (κ1) is 19.5. The van der Waals surface area contributed by atoms with Crippen LogP contribution in [0, 0.1) is 0 Å². The van der Waals surface area contributed by atoms with Crippen molar-refractivity contribution in [1.82, 2.24) is 4.90 Å². The molecule has 0 amide bonds. The lowest BCUT2D eigenvalue weighted by Gasteiger charge is -2.34. The van der Waals surface area contributed by atoms with Crippen LogP contribution in [-0.2, 0) is 4.74 Å². The van der Waals surface area contributed by atoms with E-state index in [2.05, 4.69) is 15.2 Å². The van der Waals surface area contributed by atoms with E-state index in [4.69, 9.17) is 26.8 Å². The Labute approximate surface area is 164 Å². The molecular formula is C20H25ClN4O2. The number of rotatable bonds is 6. The predicted molar refractivity (Wildman–Crippen MR) is 110 cm³/mol. The molecule has 6 nitrogen and oxygen atoms in total. The first-order valence-corrected chi connectivity index (χ1v) is 9.32. The zero-order valence-corrected chi connectivity index (χ0v) is 16.2. The SMILES string of the molecule is COc1ccc(NC(N)=NCC(c2ccccc2Cl)N2CCOCC2)cc1. The average Bonchev–Trinajstić information content (AvgIpc) is 2.71. The van der Waals surface area contributed by atoms with Crippen LogP contribution in [0.4, 0.5) is 5.69 Å². The summed E-state index contributed by atoms with van der Waals surface area (Å²) >= 11 is 6.45. The molecule has 3 N–H and O–H groups in total. The van der Waals surface area contributed by atoms with Gasteiger partial charge in [-0.25, -0.2) is 0 Å². The van der Waals surface area contributed by atoms with Crippen molar-refractivity contribution in [3.8, 4) is 5.75 Å². The lowest BCUT2D eigenvalue weighted by Crippen LogP contribution is -2.40. The average molecular weight is 389 g/mol. The zero-order valence-electron chi connectivity index (χ0n) is 15.4. The van der Waals surface area contributed by atoms with Crippen LogP contribution in [-0.4, -0.2) is 50.8 Å². The summed E-state index contributed by atoms with van der Waals surface area (Å²) in [4.78, 5) is 6.91. The topological polar surface area (TPSA) is 72.1 Å². The zero-order chi connectivity index (χ0) is 19.1. The van der Waals surface area contributed by atoms with Gasteiger partial charge < -0.3 is 20.5 Å². The number of hydrogen-bond donors (Lipinski definition) is 2. The van der Waals surface area contributed by atoms with E-state index in [1.54, 1.807) is 7.11 Å². The second kappa shape index (κ2) is 9.60. The van der Waals surface area contributed by atoms with E-state index in [1.165, 1.54) is 0 Å². The minimum atomic E-state index is 0.0545. The van der Waals surface area contributed by atoms with Gasteiger partial charge in [-0.3, -0.25) is 9.89 Å². The van der Waals surface area contributed by atoms with E-state index >= 15 is 0 Å². The molecule has 27 heavy (non-hydrogen) atoms. The molecule has 2 aromatic rings. The lowest BCUT2D eigenvalue weighted by atomic mass is 10.0. The van der Waals surface area contributed by atoms with Crippen LogP contribution in [0.25, 0.3) is 0 Å². The maximum absolute atomic E-state index is 6.45. The van der Waals surface area contributed by atoms with Crippen LogP contribution in [0.3, 0.4) is 0 Å². The molecule has 144 valence electrons. The summed E-state index contributed by atoms with van der Waals surface area (Å²) in [6, 6.07) is 15.5. The molecule has 0 aliphatic carbocycles. The van der Waals surface area contributed by atoms with Crippen LogP contribution in [0.1, 0.15) is 11.6 Å². The molecule has 1 fully saturated rings. The molecule has 7 heteroatoms. The fraction of sp³-hybridized carbons (Fsp3) is 0.350. The second-order valence-corrected chi connectivity index (χ2v) is 6.67. The van der Waals surface area contributed by atoms with Gasteiger partial charge in [-0.1, -0.05) is 29.8 Å². The normalized spacial score (nSPS) is 16.7. The summed E-state index contributed by atoms with van der Waals surface area (Å²) in [6.45, 7) is 3.63. The van der Waals surface area contributed by atoms with Crippen LogP contribution in [0.5, 0.6) is 5.75 Å². The van der Waals surface area contributed by atoms with Gasteiger partial charge in [0.15, 0.2) is 5.96 Å². The minimum absolute atomic E-state index is 0.0545. The largest absolute Gasteiger partial charge is 0.497 e. The van der Waals surface area contributed by atoms with Gasteiger partial charge in [-0.2, -0.15) is 0 Å². The number of aliphatic imine (C=N–C) groups is 1. The summed E-state index contributed by atoms with van der Waals surface area (Å²) in [5.41, 5.74) is 8.02. The van der Waals surface area contributed by atoms with Crippen molar-refractivity contribution < 1.29 is 9.47 Å². The monoisotopic (exact) mass is 388 g/mol. The fourth-order valence-electron chi connectivity index (χ4n) is 3.09. The number of nitrogens with one attached hydrogen (secondary N) is 1. The number of halogens is 1. The van der Waals surface area contributed by atoms with Crippen molar-refractivity contribution in [2.24, 2.45) is 10.7 Å².